The van der Waals surface area contributed by atoms with Crippen LogP contribution < -0.4 is 5.32 Å². The summed E-state index contributed by atoms with van der Waals surface area (Å²) >= 11 is 3.35. The van der Waals surface area contributed by atoms with Crippen LogP contribution in [0, 0.1) is 10.1 Å². The summed E-state index contributed by atoms with van der Waals surface area (Å²) in [6.45, 7) is 0.930. The maximum Gasteiger partial charge on any atom is 0.311 e. The van der Waals surface area contributed by atoms with Crippen LogP contribution in [0.3, 0.4) is 0 Å². The molecular formula is C13H14BrN3O4. The number of halogens is 1. The Morgan fingerprint density at radius 2 is 2.24 bits per heavy atom. The van der Waals surface area contributed by atoms with Crippen molar-refractivity contribution in [2.45, 2.75) is 0 Å². The SMILES string of the molecule is O=[N+]([O-])c1cnc2ccc(Br)cc2c1NCCOCCO. The van der Waals surface area contributed by atoms with Gasteiger partial charge in [-0.2, -0.15) is 0 Å². The van der Waals surface area contributed by atoms with Gasteiger partial charge in [-0.05, 0) is 18.2 Å². The van der Waals surface area contributed by atoms with Crippen molar-refractivity contribution in [3.63, 3.8) is 0 Å². The van der Waals surface area contributed by atoms with E-state index in [0.29, 0.717) is 29.7 Å². The Morgan fingerprint density at radius 3 is 2.95 bits per heavy atom. The van der Waals surface area contributed by atoms with Crippen molar-refractivity contribution in [3.05, 3.63) is 39.0 Å². The van der Waals surface area contributed by atoms with E-state index in [1.54, 1.807) is 12.1 Å². The van der Waals surface area contributed by atoms with Gasteiger partial charge in [0.1, 0.15) is 11.9 Å². The lowest BCUT2D eigenvalue weighted by atomic mass is 10.1. The van der Waals surface area contributed by atoms with E-state index in [9.17, 15) is 10.1 Å². The predicted octanol–water partition coefficient (Wildman–Crippen LogP) is 2.33. The number of fused-ring (bicyclic) bond motifs is 1. The molecule has 0 bridgehead atoms. The summed E-state index contributed by atoms with van der Waals surface area (Å²) in [7, 11) is 0. The molecule has 7 nitrogen and oxygen atoms in total. The van der Waals surface area contributed by atoms with E-state index in [2.05, 4.69) is 26.2 Å². The molecule has 0 fully saturated rings. The average molecular weight is 356 g/mol. The van der Waals surface area contributed by atoms with Crippen molar-refractivity contribution in [2.24, 2.45) is 0 Å². The molecule has 0 saturated carbocycles. The van der Waals surface area contributed by atoms with Crippen LogP contribution in [-0.4, -0.2) is 41.4 Å². The standard InChI is InChI=1S/C13H14BrN3O4/c14-9-1-2-11-10(7-9)13(12(8-16-11)17(19)20)15-3-5-21-6-4-18/h1-2,7-8,18H,3-6H2,(H,15,16). The van der Waals surface area contributed by atoms with Crippen molar-refractivity contribution in [2.75, 3.05) is 31.7 Å². The van der Waals surface area contributed by atoms with Crippen LogP contribution in [0.1, 0.15) is 0 Å². The van der Waals surface area contributed by atoms with Gasteiger partial charge < -0.3 is 15.2 Å². The zero-order chi connectivity index (χ0) is 15.2. The number of nitrogens with zero attached hydrogens (tertiary/aromatic N) is 2. The van der Waals surface area contributed by atoms with Crippen molar-refractivity contribution >= 4 is 38.2 Å². The minimum atomic E-state index is -0.468. The second-order valence-electron chi connectivity index (χ2n) is 4.20. The minimum absolute atomic E-state index is 0.0503. The molecule has 21 heavy (non-hydrogen) atoms. The number of hydrogen-bond acceptors (Lipinski definition) is 6. The lowest BCUT2D eigenvalue weighted by molar-refractivity contribution is -0.384. The van der Waals surface area contributed by atoms with Crippen LogP contribution in [0.4, 0.5) is 11.4 Å². The first kappa shape index (κ1) is 15.6. The van der Waals surface area contributed by atoms with E-state index in [1.165, 1.54) is 6.20 Å². The lowest BCUT2D eigenvalue weighted by Gasteiger charge is -2.10. The third-order valence-corrected chi connectivity index (χ3v) is 3.28. The van der Waals surface area contributed by atoms with Crippen molar-refractivity contribution in [1.29, 1.82) is 0 Å². The number of nitrogens with one attached hydrogen (secondary N) is 1. The molecule has 0 spiro atoms. The summed E-state index contributed by atoms with van der Waals surface area (Å²) < 4.78 is 5.95. The molecule has 1 aromatic heterocycles. The highest BCUT2D eigenvalue weighted by atomic mass is 79.9. The van der Waals surface area contributed by atoms with Gasteiger partial charge in [-0.1, -0.05) is 15.9 Å². The number of benzene rings is 1. The maximum atomic E-state index is 11.1. The van der Waals surface area contributed by atoms with Crippen LogP contribution in [-0.2, 0) is 4.74 Å². The zero-order valence-electron chi connectivity index (χ0n) is 11.1. The minimum Gasteiger partial charge on any atom is -0.394 e. The molecule has 2 aromatic rings. The molecule has 0 atom stereocenters. The van der Waals surface area contributed by atoms with Gasteiger partial charge in [0.05, 0.1) is 30.3 Å². The second-order valence-corrected chi connectivity index (χ2v) is 5.12. The number of pyridine rings is 1. The Morgan fingerprint density at radius 1 is 1.43 bits per heavy atom. The molecule has 0 aliphatic rings. The zero-order valence-corrected chi connectivity index (χ0v) is 12.7. The Balaban J connectivity index is 2.30. The maximum absolute atomic E-state index is 11.1. The van der Waals surface area contributed by atoms with E-state index in [-0.39, 0.29) is 18.9 Å². The lowest BCUT2D eigenvalue weighted by Crippen LogP contribution is -2.12. The van der Waals surface area contributed by atoms with E-state index in [4.69, 9.17) is 9.84 Å². The normalized spacial score (nSPS) is 10.8. The van der Waals surface area contributed by atoms with Gasteiger partial charge in [0, 0.05) is 16.4 Å². The summed E-state index contributed by atoms with van der Waals surface area (Å²) in [6.07, 6.45) is 1.24. The Bertz CT molecular complexity index is 651. The quantitative estimate of drug-likeness (QED) is 0.449. The van der Waals surface area contributed by atoms with Gasteiger partial charge >= 0.3 is 5.69 Å². The number of ether oxygens (including phenoxy) is 1. The topological polar surface area (TPSA) is 97.5 Å². The third kappa shape index (κ3) is 3.87. The Kier molecular flexibility index (Phi) is 5.43. The summed E-state index contributed by atoms with van der Waals surface area (Å²) in [4.78, 5) is 14.8. The van der Waals surface area contributed by atoms with Crippen LogP contribution >= 0.6 is 15.9 Å². The number of anilines is 1. The smallest absolute Gasteiger partial charge is 0.311 e. The summed E-state index contributed by atoms with van der Waals surface area (Å²) in [6, 6.07) is 5.40. The fourth-order valence-corrected chi connectivity index (χ4v) is 2.25. The molecular weight excluding hydrogens is 342 g/mol. The molecule has 1 heterocycles. The van der Waals surface area contributed by atoms with Gasteiger partial charge in [0.25, 0.3) is 0 Å². The largest absolute Gasteiger partial charge is 0.394 e. The van der Waals surface area contributed by atoms with Gasteiger partial charge in [-0.3, -0.25) is 10.1 Å². The highest BCUT2D eigenvalue weighted by molar-refractivity contribution is 9.10. The first-order valence-corrected chi connectivity index (χ1v) is 7.08. The van der Waals surface area contributed by atoms with Gasteiger partial charge in [-0.15, -0.1) is 0 Å². The Labute approximate surface area is 129 Å². The molecule has 0 aliphatic carbocycles. The van der Waals surface area contributed by atoms with E-state index < -0.39 is 4.92 Å². The molecule has 0 saturated heterocycles. The molecule has 8 heteroatoms. The van der Waals surface area contributed by atoms with Crippen LogP contribution in [0.25, 0.3) is 10.9 Å². The highest BCUT2D eigenvalue weighted by Gasteiger charge is 2.17. The number of aliphatic hydroxyl groups is 1. The number of rotatable bonds is 7. The monoisotopic (exact) mass is 355 g/mol. The fourth-order valence-electron chi connectivity index (χ4n) is 1.89. The molecule has 0 radical (unpaired) electrons. The number of aromatic nitrogens is 1. The predicted molar refractivity (Wildman–Crippen MR) is 82.5 cm³/mol. The summed E-state index contributed by atoms with van der Waals surface area (Å²) in [5.41, 5.74) is 1.00. The summed E-state index contributed by atoms with van der Waals surface area (Å²) in [5, 5.41) is 23.4. The third-order valence-electron chi connectivity index (χ3n) is 2.79. The molecule has 0 amide bonds. The number of hydrogen-bond donors (Lipinski definition) is 2. The number of aliphatic hydroxyl groups excluding tert-OH is 1. The van der Waals surface area contributed by atoms with Crippen LogP contribution in [0.2, 0.25) is 0 Å². The average Bonchev–Trinajstić information content (AvgIpc) is 2.46. The first-order chi connectivity index (χ1) is 10.1. The van der Waals surface area contributed by atoms with E-state index in [1.807, 2.05) is 6.07 Å². The number of nitro groups is 1. The van der Waals surface area contributed by atoms with Gasteiger partial charge in [0.15, 0.2) is 0 Å². The molecule has 1 aromatic carbocycles. The Hall–Kier alpha value is -1.77. The molecule has 112 valence electrons. The molecule has 2 rings (SSSR count). The van der Waals surface area contributed by atoms with Crippen molar-refractivity contribution in [3.8, 4) is 0 Å². The van der Waals surface area contributed by atoms with Crippen LogP contribution in [0.5, 0.6) is 0 Å². The molecule has 0 unspecified atom stereocenters. The van der Waals surface area contributed by atoms with Gasteiger partial charge in [0.2, 0.25) is 0 Å². The van der Waals surface area contributed by atoms with Crippen LogP contribution in [0.15, 0.2) is 28.9 Å². The molecule has 0 aliphatic heterocycles. The molecule has 2 N–H and O–H groups in total. The van der Waals surface area contributed by atoms with Crippen molar-refractivity contribution < 1.29 is 14.8 Å². The second kappa shape index (κ2) is 7.30. The van der Waals surface area contributed by atoms with E-state index in [0.717, 1.165) is 4.47 Å². The van der Waals surface area contributed by atoms with E-state index >= 15 is 0 Å². The first-order valence-electron chi connectivity index (χ1n) is 6.28. The highest BCUT2D eigenvalue weighted by Crippen LogP contribution is 2.32. The fraction of sp³-hybridized carbons (Fsp3) is 0.308. The van der Waals surface area contributed by atoms with Crippen molar-refractivity contribution in [1.82, 2.24) is 4.98 Å². The summed E-state index contributed by atoms with van der Waals surface area (Å²) in [5.74, 6) is 0. The van der Waals surface area contributed by atoms with Gasteiger partial charge in [-0.25, -0.2) is 4.98 Å².